The van der Waals surface area contributed by atoms with Gasteiger partial charge in [0.05, 0.1) is 0 Å². The van der Waals surface area contributed by atoms with E-state index in [1.807, 2.05) is 7.05 Å². The summed E-state index contributed by atoms with van der Waals surface area (Å²) in [5, 5.41) is 3.15. The third kappa shape index (κ3) is 3.68. The van der Waals surface area contributed by atoms with Gasteiger partial charge in [-0.05, 0) is 54.7 Å². The molecule has 94 valence electrons. The molecule has 1 aliphatic rings. The van der Waals surface area contributed by atoms with Crippen molar-refractivity contribution in [1.82, 2.24) is 10.3 Å². The number of halogens is 1. The highest BCUT2D eigenvalue weighted by Crippen LogP contribution is 2.26. The van der Waals surface area contributed by atoms with Gasteiger partial charge in [-0.25, -0.2) is 4.98 Å². The molecule has 1 saturated carbocycles. The minimum Gasteiger partial charge on any atom is -0.474 e. The Morgan fingerprint density at radius 2 is 2.18 bits per heavy atom. The summed E-state index contributed by atoms with van der Waals surface area (Å²) in [7, 11) is 1.94. The first kappa shape index (κ1) is 12.8. The topological polar surface area (TPSA) is 34.2 Å². The van der Waals surface area contributed by atoms with Gasteiger partial charge in [-0.15, -0.1) is 0 Å². The lowest BCUT2D eigenvalue weighted by Gasteiger charge is -2.23. The Labute approximate surface area is 111 Å². The number of rotatable bonds is 4. The molecule has 17 heavy (non-hydrogen) atoms. The van der Waals surface area contributed by atoms with E-state index < -0.39 is 0 Å². The van der Waals surface area contributed by atoms with Gasteiger partial charge < -0.3 is 10.1 Å². The first-order valence-corrected chi connectivity index (χ1v) is 7.04. The van der Waals surface area contributed by atoms with Gasteiger partial charge in [-0.1, -0.05) is 6.42 Å². The minimum atomic E-state index is 0.355. The summed E-state index contributed by atoms with van der Waals surface area (Å²) >= 11 is 3.45. The van der Waals surface area contributed by atoms with Crippen molar-refractivity contribution in [1.29, 1.82) is 0 Å². The number of pyridine rings is 1. The molecular weight excluding hydrogens is 280 g/mol. The van der Waals surface area contributed by atoms with E-state index in [1.54, 1.807) is 6.20 Å². The first-order valence-electron chi connectivity index (χ1n) is 6.25. The summed E-state index contributed by atoms with van der Waals surface area (Å²) in [6.45, 7) is 0.786. The fourth-order valence-corrected chi connectivity index (χ4v) is 2.61. The molecule has 3 nitrogen and oxygen atoms in total. The second-order valence-corrected chi connectivity index (χ2v) is 5.44. The Bertz CT molecular complexity index is 364. The Morgan fingerprint density at radius 1 is 1.41 bits per heavy atom. The highest BCUT2D eigenvalue weighted by molar-refractivity contribution is 9.10. The number of nitrogens with one attached hydrogen (secondary N) is 1. The molecule has 0 aliphatic heterocycles. The van der Waals surface area contributed by atoms with E-state index in [0.717, 1.165) is 35.3 Å². The molecule has 1 aliphatic carbocycles. The molecule has 0 saturated heterocycles. The molecule has 1 aromatic heterocycles. The Kier molecular flexibility index (Phi) is 4.80. The summed E-state index contributed by atoms with van der Waals surface area (Å²) in [4.78, 5) is 4.38. The SMILES string of the molecule is CNCc1cc(Br)cnc1OC1CCCCC1. The fourth-order valence-electron chi connectivity index (χ4n) is 2.23. The van der Waals surface area contributed by atoms with Crippen LogP contribution in [-0.4, -0.2) is 18.1 Å². The largest absolute Gasteiger partial charge is 0.474 e. The number of aromatic nitrogens is 1. The highest BCUT2D eigenvalue weighted by atomic mass is 79.9. The van der Waals surface area contributed by atoms with Crippen LogP contribution in [0, 0.1) is 0 Å². The lowest BCUT2D eigenvalue weighted by atomic mass is 9.98. The quantitative estimate of drug-likeness (QED) is 0.926. The van der Waals surface area contributed by atoms with E-state index in [2.05, 4.69) is 32.3 Å². The summed E-state index contributed by atoms with van der Waals surface area (Å²) < 4.78 is 7.02. The van der Waals surface area contributed by atoms with Crippen molar-refractivity contribution >= 4 is 15.9 Å². The third-order valence-corrected chi connectivity index (χ3v) is 3.52. The van der Waals surface area contributed by atoms with Crippen molar-refractivity contribution in [3.05, 3.63) is 22.3 Å². The van der Waals surface area contributed by atoms with Crippen molar-refractivity contribution in [3.63, 3.8) is 0 Å². The molecule has 0 bridgehead atoms. The van der Waals surface area contributed by atoms with Crippen LogP contribution >= 0.6 is 15.9 Å². The zero-order valence-corrected chi connectivity index (χ0v) is 11.8. The molecule has 1 heterocycles. The average Bonchev–Trinajstić information content (AvgIpc) is 2.34. The van der Waals surface area contributed by atoms with E-state index >= 15 is 0 Å². The second kappa shape index (κ2) is 6.36. The van der Waals surface area contributed by atoms with Crippen LogP contribution in [-0.2, 0) is 6.54 Å². The van der Waals surface area contributed by atoms with Gasteiger partial charge in [-0.2, -0.15) is 0 Å². The van der Waals surface area contributed by atoms with Crippen molar-refractivity contribution in [2.45, 2.75) is 44.8 Å². The molecule has 1 aromatic rings. The lowest BCUT2D eigenvalue weighted by Crippen LogP contribution is -2.21. The van der Waals surface area contributed by atoms with Crippen LogP contribution in [0.2, 0.25) is 0 Å². The van der Waals surface area contributed by atoms with Gasteiger partial charge in [0.15, 0.2) is 0 Å². The van der Waals surface area contributed by atoms with Gasteiger partial charge in [0.2, 0.25) is 5.88 Å². The lowest BCUT2D eigenvalue weighted by molar-refractivity contribution is 0.147. The van der Waals surface area contributed by atoms with Gasteiger partial charge in [-0.3, -0.25) is 0 Å². The summed E-state index contributed by atoms with van der Waals surface area (Å²) in [5.41, 5.74) is 1.12. The van der Waals surface area contributed by atoms with Crippen molar-refractivity contribution in [2.24, 2.45) is 0 Å². The summed E-state index contributed by atoms with van der Waals surface area (Å²) in [6.07, 6.45) is 8.39. The molecular formula is C13H19BrN2O. The zero-order valence-electron chi connectivity index (χ0n) is 10.2. The van der Waals surface area contributed by atoms with E-state index in [0.29, 0.717) is 6.10 Å². The monoisotopic (exact) mass is 298 g/mol. The summed E-state index contributed by atoms with van der Waals surface area (Å²) in [6, 6.07) is 2.07. The maximum Gasteiger partial charge on any atom is 0.218 e. The summed E-state index contributed by atoms with van der Waals surface area (Å²) in [5.74, 6) is 0.787. The van der Waals surface area contributed by atoms with Gasteiger partial charge >= 0.3 is 0 Å². The van der Waals surface area contributed by atoms with Crippen molar-refractivity contribution < 1.29 is 4.74 Å². The molecule has 1 N–H and O–H groups in total. The average molecular weight is 299 g/mol. The third-order valence-electron chi connectivity index (χ3n) is 3.09. The first-order chi connectivity index (χ1) is 8.29. The predicted molar refractivity (Wildman–Crippen MR) is 72.2 cm³/mol. The normalized spacial score (nSPS) is 17.1. The standard InChI is InChI=1S/C13H19BrN2O/c1-15-8-10-7-11(14)9-16-13(10)17-12-5-3-2-4-6-12/h7,9,12,15H,2-6,8H2,1H3. The van der Waals surface area contributed by atoms with Gasteiger partial charge in [0.1, 0.15) is 6.10 Å². The van der Waals surface area contributed by atoms with Crippen LogP contribution in [0.25, 0.3) is 0 Å². The molecule has 4 heteroatoms. The Hall–Kier alpha value is -0.610. The van der Waals surface area contributed by atoms with Gasteiger partial charge in [0.25, 0.3) is 0 Å². The molecule has 0 aromatic carbocycles. The predicted octanol–water partition coefficient (Wildman–Crippen LogP) is 3.28. The highest BCUT2D eigenvalue weighted by Gasteiger charge is 2.17. The maximum atomic E-state index is 6.02. The number of nitrogens with zero attached hydrogens (tertiary/aromatic N) is 1. The van der Waals surface area contributed by atoms with Crippen molar-refractivity contribution in [2.75, 3.05) is 7.05 Å². The van der Waals surface area contributed by atoms with Crippen LogP contribution in [0.15, 0.2) is 16.7 Å². The van der Waals surface area contributed by atoms with Crippen molar-refractivity contribution in [3.8, 4) is 5.88 Å². The van der Waals surface area contributed by atoms with Gasteiger partial charge in [0, 0.05) is 22.8 Å². The molecule has 2 rings (SSSR count). The van der Waals surface area contributed by atoms with Crippen LogP contribution < -0.4 is 10.1 Å². The smallest absolute Gasteiger partial charge is 0.218 e. The van der Waals surface area contributed by atoms with Crippen LogP contribution in [0.1, 0.15) is 37.7 Å². The van der Waals surface area contributed by atoms with Crippen LogP contribution in [0.5, 0.6) is 5.88 Å². The fraction of sp³-hybridized carbons (Fsp3) is 0.615. The second-order valence-electron chi connectivity index (χ2n) is 4.53. The number of hydrogen-bond donors (Lipinski definition) is 1. The molecule has 0 unspecified atom stereocenters. The Balaban J connectivity index is 2.07. The Morgan fingerprint density at radius 3 is 2.88 bits per heavy atom. The molecule has 0 atom stereocenters. The van der Waals surface area contributed by atoms with E-state index in [9.17, 15) is 0 Å². The zero-order chi connectivity index (χ0) is 12.1. The maximum absolute atomic E-state index is 6.02. The number of hydrogen-bond acceptors (Lipinski definition) is 3. The van der Waals surface area contributed by atoms with E-state index in [-0.39, 0.29) is 0 Å². The molecule has 0 spiro atoms. The molecule has 0 amide bonds. The van der Waals surface area contributed by atoms with Crippen LogP contribution in [0.3, 0.4) is 0 Å². The van der Waals surface area contributed by atoms with Crippen LogP contribution in [0.4, 0.5) is 0 Å². The van der Waals surface area contributed by atoms with E-state index in [4.69, 9.17) is 4.74 Å². The molecule has 1 fully saturated rings. The number of ether oxygens (including phenoxy) is 1. The minimum absolute atomic E-state index is 0.355. The molecule has 0 radical (unpaired) electrons. The van der Waals surface area contributed by atoms with E-state index in [1.165, 1.54) is 19.3 Å².